The summed E-state index contributed by atoms with van der Waals surface area (Å²) >= 11 is 0. The molecule has 2 aliphatic carbocycles. The van der Waals surface area contributed by atoms with Crippen molar-refractivity contribution in [2.24, 2.45) is 0 Å². The summed E-state index contributed by atoms with van der Waals surface area (Å²) in [5.41, 5.74) is 4.62. The van der Waals surface area contributed by atoms with Crippen LogP contribution in [0.25, 0.3) is 0 Å². The highest BCUT2D eigenvalue weighted by Crippen LogP contribution is 2.38. The monoisotopic (exact) mass is 532 g/mol. The van der Waals surface area contributed by atoms with Crippen LogP contribution in [0.1, 0.15) is 69.2 Å². The molecule has 3 amide bonds. The minimum absolute atomic E-state index is 0.391. The number of anilines is 1. The van der Waals surface area contributed by atoms with E-state index in [9.17, 15) is 18.0 Å². The van der Waals surface area contributed by atoms with E-state index in [1.807, 2.05) is 27.7 Å². The van der Waals surface area contributed by atoms with Crippen LogP contribution in [0, 0.1) is 0 Å². The van der Waals surface area contributed by atoms with Gasteiger partial charge in [0.1, 0.15) is 5.60 Å². The molecular weight excluding hydrogens is 492 g/mol. The Kier molecular flexibility index (Phi) is 7.63. The number of hydrogen-bond acceptors (Lipinski definition) is 6. The second kappa shape index (κ2) is 10.3. The van der Waals surface area contributed by atoms with Crippen molar-refractivity contribution in [3.63, 3.8) is 0 Å². The lowest BCUT2D eigenvalue weighted by Gasteiger charge is -2.49. The van der Waals surface area contributed by atoms with Crippen molar-refractivity contribution in [2.75, 3.05) is 32.0 Å². The van der Waals surface area contributed by atoms with Crippen LogP contribution in [0.15, 0.2) is 17.6 Å². The fourth-order valence-electron chi connectivity index (χ4n) is 5.39. The van der Waals surface area contributed by atoms with Crippen molar-refractivity contribution >= 4 is 27.8 Å². The average Bonchev–Trinajstić information content (AvgIpc) is 3.44. The number of amides is 3. The predicted octanol–water partition coefficient (Wildman–Crippen LogP) is 3.96. The molecular formula is C27H40N4O5S. The van der Waals surface area contributed by atoms with Gasteiger partial charge in [-0.2, -0.15) is 0 Å². The molecule has 0 aromatic heterocycles. The summed E-state index contributed by atoms with van der Waals surface area (Å²) in [6.07, 6.45) is 7.94. The molecule has 0 radical (unpaired) electrons. The largest absolute Gasteiger partial charge is 0.444 e. The quantitative estimate of drug-likeness (QED) is 0.550. The molecule has 3 aliphatic rings. The minimum atomic E-state index is -3.98. The van der Waals surface area contributed by atoms with Crippen LogP contribution in [-0.4, -0.2) is 68.2 Å². The number of nitrogens with zero attached hydrogens (tertiary/aromatic N) is 2. The van der Waals surface area contributed by atoms with E-state index < -0.39 is 33.3 Å². The number of aryl methyl sites for hydroxylation is 2. The number of sulfonamides is 1. The topological polar surface area (TPSA) is 108 Å². The van der Waals surface area contributed by atoms with Gasteiger partial charge in [-0.1, -0.05) is 12.1 Å². The van der Waals surface area contributed by atoms with Gasteiger partial charge in [-0.15, -0.1) is 0 Å². The first kappa shape index (κ1) is 27.4. The summed E-state index contributed by atoms with van der Waals surface area (Å²) in [6.45, 7) is 9.25. The third-order valence-corrected chi connectivity index (χ3v) is 8.54. The van der Waals surface area contributed by atoms with E-state index in [0.29, 0.717) is 13.1 Å². The van der Waals surface area contributed by atoms with Gasteiger partial charge in [0, 0.05) is 43.3 Å². The van der Waals surface area contributed by atoms with E-state index in [1.165, 1.54) is 16.0 Å². The Hall–Kier alpha value is -2.59. The average molecular weight is 533 g/mol. The number of fused-ring (bicyclic) bond motifs is 2. The zero-order valence-corrected chi connectivity index (χ0v) is 23.5. The second-order valence-corrected chi connectivity index (χ2v) is 13.2. The van der Waals surface area contributed by atoms with Crippen molar-refractivity contribution in [1.82, 2.24) is 14.5 Å². The lowest BCUT2D eigenvalue weighted by atomic mass is 9.87. The molecule has 1 aromatic rings. The maximum absolute atomic E-state index is 12.7. The first-order valence-electron chi connectivity index (χ1n) is 13.1. The van der Waals surface area contributed by atoms with Gasteiger partial charge in [-0.3, -0.25) is 4.90 Å². The smallest absolute Gasteiger partial charge is 0.410 e. The number of urea groups is 1. The van der Waals surface area contributed by atoms with Crippen LogP contribution in [0.2, 0.25) is 0 Å². The van der Waals surface area contributed by atoms with Gasteiger partial charge in [-0.25, -0.2) is 22.7 Å². The van der Waals surface area contributed by atoms with Crippen molar-refractivity contribution in [3.05, 3.63) is 39.8 Å². The molecule has 1 atom stereocenters. The van der Waals surface area contributed by atoms with Gasteiger partial charge in [0.25, 0.3) is 10.0 Å². The molecule has 9 nitrogen and oxygen atoms in total. The molecule has 1 unspecified atom stereocenters. The Labute approximate surface area is 220 Å². The summed E-state index contributed by atoms with van der Waals surface area (Å²) in [5.74, 6) is 0. The number of carbonyl (C=O) groups excluding carboxylic acids is 2. The van der Waals surface area contributed by atoms with E-state index in [-0.39, 0.29) is 0 Å². The minimum Gasteiger partial charge on any atom is -0.444 e. The Bertz CT molecular complexity index is 1170. The Morgan fingerprint density at radius 1 is 1.14 bits per heavy atom. The van der Waals surface area contributed by atoms with Gasteiger partial charge < -0.3 is 15.0 Å². The number of ether oxygens (including phenoxy) is 1. The maximum atomic E-state index is 12.7. The number of nitrogens with one attached hydrogen (secondary N) is 2. The highest BCUT2D eigenvalue weighted by atomic mass is 32.2. The fourth-order valence-corrected chi connectivity index (χ4v) is 6.24. The summed E-state index contributed by atoms with van der Waals surface area (Å²) < 4.78 is 33.0. The lowest BCUT2D eigenvalue weighted by molar-refractivity contribution is 0.0124. The number of likely N-dealkylation sites (N-methyl/N-ethyl adjacent to an activating group) is 1. The first-order chi connectivity index (χ1) is 17.3. The summed E-state index contributed by atoms with van der Waals surface area (Å²) in [7, 11) is -2.29. The maximum Gasteiger partial charge on any atom is 0.410 e. The molecule has 204 valence electrons. The molecule has 1 aromatic carbocycles. The predicted molar refractivity (Wildman–Crippen MR) is 144 cm³/mol. The van der Waals surface area contributed by atoms with E-state index in [4.69, 9.17) is 4.74 Å². The van der Waals surface area contributed by atoms with Crippen LogP contribution in [0.4, 0.5) is 15.3 Å². The van der Waals surface area contributed by atoms with Crippen molar-refractivity contribution < 1.29 is 22.7 Å². The molecule has 0 bridgehead atoms. The number of rotatable bonds is 7. The number of benzene rings is 1. The fraction of sp³-hybridized carbons (Fsp3) is 0.630. The molecule has 2 N–H and O–H groups in total. The van der Waals surface area contributed by atoms with E-state index in [2.05, 4.69) is 21.0 Å². The van der Waals surface area contributed by atoms with E-state index in [0.717, 1.165) is 73.7 Å². The molecule has 1 saturated heterocycles. The Balaban J connectivity index is 1.34. The molecule has 1 fully saturated rings. The van der Waals surface area contributed by atoms with Crippen LogP contribution in [-0.2, 0) is 40.4 Å². The SMILES string of the molecule is CN(CCN1CCC1(C)/C=C/S(=O)(=O)NC(=O)Nc1c2c(cc3c1CCC3)CCC2)C(=O)OC(C)(C)C. The number of carbonyl (C=O) groups is 2. The van der Waals surface area contributed by atoms with Crippen LogP contribution in [0.3, 0.4) is 0 Å². The molecule has 4 rings (SSSR count). The highest BCUT2D eigenvalue weighted by Gasteiger charge is 2.38. The highest BCUT2D eigenvalue weighted by molar-refractivity contribution is 7.92. The molecule has 37 heavy (non-hydrogen) atoms. The molecule has 10 heteroatoms. The first-order valence-corrected chi connectivity index (χ1v) is 14.7. The van der Waals surface area contributed by atoms with Gasteiger partial charge in [0.15, 0.2) is 0 Å². The number of likely N-dealkylation sites (tertiary alicyclic amines) is 1. The van der Waals surface area contributed by atoms with Crippen molar-refractivity contribution in [2.45, 2.75) is 83.8 Å². The van der Waals surface area contributed by atoms with Gasteiger partial charge in [0.05, 0.1) is 0 Å². The number of hydrogen-bond donors (Lipinski definition) is 2. The lowest BCUT2D eigenvalue weighted by Crippen LogP contribution is -2.58. The zero-order chi connectivity index (χ0) is 27.0. The van der Waals surface area contributed by atoms with E-state index in [1.54, 1.807) is 13.1 Å². The second-order valence-electron chi connectivity index (χ2n) is 11.6. The van der Waals surface area contributed by atoms with Crippen LogP contribution in [0.5, 0.6) is 0 Å². The Morgan fingerprint density at radius 2 is 1.76 bits per heavy atom. The summed E-state index contributed by atoms with van der Waals surface area (Å²) in [6, 6.07) is 1.54. The summed E-state index contributed by atoms with van der Waals surface area (Å²) in [5, 5.41) is 3.95. The molecule has 0 spiro atoms. The standard InChI is InChI=1S/C27H40N4O5S/c1-26(2,3)36-25(33)30(5)15-16-31-14-12-27(31,4)13-17-37(34,35)29-24(32)28-23-21-10-6-8-19(21)18-20-9-7-11-22(20)23/h13,17-18H,6-12,14-16H2,1-5H3,(H2,28,29,32)/b17-13+. The van der Waals surface area contributed by atoms with Crippen molar-refractivity contribution in [3.8, 4) is 0 Å². The Morgan fingerprint density at radius 3 is 2.30 bits per heavy atom. The van der Waals surface area contributed by atoms with Crippen LogP contribution >= 0.6 is 0 Å². The van der Waals surface area contributed by atoms with E-state index >= 15 is 0 Å². The molecule has 1 aliphatic heterocycles. The molecule has 1 heterocycles. The summed E-state index contributed by atoms with van der Waals surface area (Å²) in [4.78, 5) is 28.6. The molecule has 0 saturated carbocycles. The van der Waals surface area contributed by atoms with Crippen LogP contribution < -0.4 is 10.0 Å². The van der Waals surface area contributed by atoms with Gasteiger partial charge in [-0.05, 0) is 94.9 Å². The van der Waals surface area contributed by atoms with Gasteiger partial charge >= 0.3 is 12.1 Å². The normalized spacial score (nSPS) is 21.3. The zero-order valence-electron chi connectivity index (χ0n) is 22.6. The van der Waals surface area contributed by atoms with Crippen molar-refractivity contribution in [1.29, 1.82) is 0 Å². The third-order valence-electron chi connectivity index (χ3n) is 7.57. The third kappa shape index (κ3) is 6.46. The van der Waals surface area contributed by atoms with Gasteiger partial charge in [0.2, 0.25) is 0 Å².